The fourth-order valence-corrected chi connectivity index (χ4v) is 3.01. The topological polar surface area (TPSA) is 20.3 Å². The maximum atomic E-state index is 12.5. The van der Waals surface area contributed by atoms with Crippen LogP contribution in [0.4, 0.5) is 0 Å². The average Bonchev–Trinajstić information content (AvgIpc) is 2.43. The molecule has 0 aliphatic rings. The van der Waals surface area contributed by atoms with Crippen LogP contribution in [-0.4, -0.2) is 17.9 Å². The van der Waals surface area contributed by atoms with Gasteiger partial charge in [0.1, 0.15) is 0 Å². The van der Waals surface area contributed by atoms with E-state index in [1.54, 1.807) is 11.9 Å². The van der Waals surface area contributed by atoms with Gasteiger partial charge in [0, 0.05) is 27.0 Å². The zero-order chi connectivity index (χ0) is 14.7. The molecule has 104 valence electrons. The molecular weight excluding hydrogens is 450 g/mol. The normalized spacial score (nSPS) is 10.4. The Morgan fingerprint density at radius 2 is 1.75 bits per heavy atom. The number of carbonyl (C=O) groups excluding carboxylic acids is 1. The summed E-state index contributed by atoms with van der Waals surface area (Å²) in [4.78, 5) is 14.2. The number of carbonyl (C=O) groups is 1. The zero-order valence-corrected chi connectivity index (χ0v) is 15.5. The molecule has 0 fully saturated rings. The fraction of sp³-hybridized carbons (Fsp3) is 0.133. The van der Waals surface area contributed by atoms with Crippen LogP contribution in [0.5, 0.6) is 0 Å². The zero-order valence-electron chi connectivity index (χ0n) is 10.7. The average molecular weight is 462 g/mol. The van der Waals surface area contributed by atoms with Crippen molar-refractivity contribution in [1.29, 1.82) is 0 Å². The number of hydrogen-bond acceptors (Lipinski definition) is 1. The molecule has 2 aromatic rings. The van der Waals surface area contributed by atoms with Gasteiger partial charge in [0.15, 0.2) is 0 Å². The Labute approximate surface area is 143 Å². The van der Waals surface area contributed by atoms with Gasteiger partial charge in [-0.3, -0.25) is 4.79 Å². The molecule has 0 spiro atoms. The lowest BCUT2D eigenvalue weighted by Gasteiger charge is -2.19. The van der Waals surface area contributed by atoms with E-state index in [-0.39, 0.29) is 5.91 Å². The molecule has 1 amide bonds. The summed E-state index contributed by atoms with van der Waals surface area (Å²) in [7, 11) is 1.80. The van der Waals surface area contributed by atoms with E-state index in [1.165, 1.54) is 0 Å². The fourth-order valence-electron chi connectivity index (χ4n) is 1.82. The van der Waals surface area contributed by atoms with E-state index < -0.39 is 0 Å². The van der Waals surface area contributed by atoms with Gasteiger partial charge in [0.05, 0.1) is 5.56 Å². The van der Waals surface area contributed by atoms with Crippen molar-refractivity contribution >= 4 is 53.7 Å². The highest BCUT2D eigenvalue weighted by Crippen LogP contribution is 2.24. The van der Waals surface area contributed by atoms with Crippen LogP contribution in [0.3, 0.4) is 0 Å². The van der Waals surface area contributed by atoms with E-state index in [2.05, 4.69) is 47.8 Å². The molecule has 5 heteroatoms. The molecule has 0 aliphatic carbocycles. The minimum absolute atomic E-state index is 0.0195. The Hall–Kier alpha value is -0.650. The van der Waals surface area contributed by atoms with Crippen molar-refractivity contribution in [1.82, 2.24) is 4.90 Å². The van der Waals surface area contributed by atoms with Gasteiger partial charge in [-0.15, -0.1) is 0 Å². The Kier molecular flexibility index (Phi) is 5.41. The summed E-state index contributed by atoms with van der Waals surface area (Å²) >= 11 is 10.3. The molecule has 20 heavy (non-hydrogen) atoms. The van der Waals surface area contributed by atoms with Crippen LogP contribution in [-0.2, 0) is 6.54 Å². The molecule has 0 heterocycles. The molecule has 0 radical (unpaired) electrons. The third-order valence-electron chi connectivity index (χ3n) is 2.87. The minimum Gasteiger partial charge on any atom is -0.337 e. The lowest BCUT2D eigenvalue weighted by molar-refractivity contribution is 0.0784. The second-order valence-electron chi connectivity index (χ2n) is 4.38. The maximum absolute atomic E-state index is 12.5. The van der Waals surface area contributed by atoms with Crippen molar-refractivity contribution in [2.24, 2.45) is 0 Å². The second kappa shape index (κ2) is 6.87. The highest BCUT2D eigenvalue weighted by atomic mass is 79.9. The van der Waals surface area contributed by atoms with Gasteiger partial charge in [-0.2, -0.15) is 0 Å². The number of hydrogen-bond donors (Lipinski definition) is 0. The standard InChI is InChI=1S/C15H12Br3NO/c1-19(9-10-4-2-3-5-13(10)17)15(20)12-8-11(16)6-7-14(12)18/h2-8H,9H2,1H3. The van der Waals surface area contributed by atoms with Gasteiger partial charge >= 0.3 is 0 Å². The quantitative estimate of drug-likeness (QED) is 0.611. The Balaban J connectivity index is 2.21. The van der Waals surface area contributed by atoms with Crippen molar-refractivity contribution in [3.8, 4) is 0 Å². The monoisotopic (exact) mass is 459 g/mol. The van der Waals surface area contributed by atoms with Gasteiger partial charge in [-0.25, -0.2) is 0 Å². The van der Waals surface area contributed by atoms with E-state index in [9.17, 15) is 4.79 Å². The number of benzene rings is 2. The predicted molar refractivity (Wildman–Crippen MR) is 91.8 cm³/mol. The third-order valence-corrected chi connectivity index (χ3v) is 4.83. The summed E-state index contributed by atoms with van der Waals surface area (Å²) in [5, 5.41) is 0. The van der Waals surface area contributed by atoms with Crippen molar-refractivity contribution in [3.05, 3.63) is 67.0 Å². The van der Waals surface area contributed by atoms with Gasteiger partial charge in [-0.05, 0) is 45.8 Å². The first kappa shape index (κ1) is 15.7. The summed E-state index contributed by atoms with van der Waals surface area (Å²) in [5.41, 5.74) is 1.73. The van der Waals surface area contributed by atoms with Crippen LogP contribution >= 0.6 is 47.8 Å². The molecular formula is C15H12Br3NO. The molecule has 0 saturated carbocycles. The number of halogens is 3. The molecule has 0 saturated heterocycles. The van der Waals surface area contributed by atoms with Gasteiger partial charge in [0.25, 0.3) is 5.91 Å². The van der Waals surface area contributed by atoms with E-state index >= 15 is 0 Å². The third kappa shape index (κ3) is 3.71. The summed E-state index contributed by atoms with van der Waals surface area (Å²) < 4.78 is 2.69. The summed E-state index contributed by atoms with van der Waals surface area (Å²) in [6.45, 7) is 0.555. The Morgan fingerprint density at radius 1 is 1.05 bits per heavy atom. The molecule has 0 unspecified atom stereocenters. The van der Waals surface area contributed by atoms with Crippen LogP contribution in [0.25, 0.3) is 0 Å². The molecule has 2 nitrogen and oxygen atoms in total. The Morgan fingerprint density at radius 3 is 2.45 bits per heavy atom. The SMILES string of the molecule is CN(Cc1ccccc1Br)C(=O)c1cc(Br)ccc1Br. The molecule has 0 atom stereocenters. The molecule has 0 aliphatic heterocycles. The first-order valence-corrected chi connectivity index (χ1v) is 8.31. The van der Waals surface area contributed by atoms with Gasteiger partial charge < -0.3 is 4.90 Å². The van der Waals surface area contributed by atoms with E-state index in [1.807, 2.05) is 42.5 Å². The molecule has 2 aromatic carbocycles. The van der Waals surface area contributed by atoms with Gasteiger partial charge in [0.2, 0.25) is 0 Å². The summed E-state index contributed by atoms with van der Waals surface area (Å²) in [5.74, 6) is -0.0195. The predicted octanol–water partition coefficient (Wildman–Crippen LogP) is 5.25. The van der Waals surface area contributed by atoms with Crippen molar-refractivity contribution in [2.75, 3.05) is 7.05 Å². The lowest BCUT2D eigenvalue weighted by Crippen LogP contribution is -2.26. The van der Waals surface area contributed by atoms with Crippen LogP contribution in [0.2, 0.25) is 0 Å². The highest BCUT2D eigenvalue weighted by Gasteiger charge is 2.16. The smallest absolute Gasteiger partial charge is 0.255 e. The molecule has 0 aromatic heterocycles. The summed E-state index contributed by atoms with van der Waals surface area (Å²) in [6.07, 6.45) is 0. The van der Waals surface area contributed by atoms with Crippen LogP contribution in [0.1, 0.15) is 15.9 Å². The van der Waals surface area contributed by atoms with Crippen molar-refractivity contribution in [2.45, 2.75) is 6.54 Å². The van der Waals surface area contributed by atoms with Crippen LogP contribution in [0, 0.1) is 0 Å². The van der Waals surface area contributed by atoms with Crippen molar-refractivity contribution < 1.29 is 4.79 Å². The molecule has 0 N–H and O–H groups in total. The number of amides is 1. The number of rotatable bonds is 3. The lowest BCUT2D eigenvalue weighted by atomic mass is 10.1. The molecule has 0 bridgehead atoms. The van der Waals surface area contributed by atoms with E-state index in [0.29, 0.717) is 12.1 Å². The van der Waals surface area contributed by atoms with Crippen LogP contribution in [0.15, 0.2) is 55.9 Å². The largest absolute Gasteiger partial charge is 0.337 e. The molecule has 2 rings (SSSR count). The maximum Gasteiger partial charge on any atom is 0.255 e. The van der Waals surface area contributed by atoms with Crippen LogP contribution < -0.4 is 0 Å². The van der Waals surface area contributed by atoms with Gasteiger partial charge in [-0.1, -0.05) is 50.1 Å². The Bertz CT molecular complexity index is 643. The number of nitrogens with zero attached hydrogens (tertiary/aromatic N) is 1. The minimum atomic E-state index is -0.0195. The second-order valence-corrected chi connectivity index (χ2v) is 7.00. The first-order chi connectivity index (χ1) is 9.49. The summed E-state index contributed by atoms with van der Waals surface area (Å²) in [6, 6.07) is 13.5. The van der Waals surface area contributed by atoms with E-state index in [4.69, 9.17) is 0 Å². The first-order valence-electron chi connectivity index (χ1n) is 5.93. The van der Waals surface area contributed by atoms with E-state index in [0.717, 1.165) is 19.0 Å². The highest BCUT2D eigenvalue weighted by molar-refractivity contribution is 9.11. The van der Waals surface area contributed by atoms with Crippen molar-refractivity contribution in [3.63, 3.8) is 0 Å².